The Labute approximate surface area is 112 Å². The Morgan fingerprint density at radius 1 is 1.56 bits per heavy atom. The van der Waals surface area contributed by atoms with Crippen LogP contribution in [0.5, 0.6) is 0 Å². The second-order valence-corrected chi connectivity index (χ2v) is 5.63. The summed E-state index contributed by atoms with van der Waals surface area (Å²) in [6, 6.07) is 0. The SMILES string of the molecule is COCCC1(NC(=O)c2csnc2C)CCCC1. The second-order valence-electron chi connectivity index (χ2n) is 5.00. The highest BCUT2D eigenvalue weighted by atomic mass is 32.1. The molecule has 1 aliphatic rings. The molecule has 0 aliphatic heterocycles. The summed E-state index contributed by atoms with van der Waals surface area (Å²) < 4.78 is 9.32. The molecule has 0 spiro atoms. The molecule has 1 amide bonds. The highest BCUT2D eigenvalue weighted by Crippen LogP contribution is 2.33. The molecule has 4 nitrogen and oxygen atoms in total. The van der Waals surface area contributed by atoms with Crippen LogP contribution >= 0.6 is 11.5 Å². The Balaban J connectivity index is 2.05. The smallest absolute Gasteiger partial charge is 0.254 e. The fourth-order valence-electron chi connectivity index (χ4n) is 2.61. The molecule has 0 radical (unpaired) electrons. The van der Waals surface area contributed by atoms with Crippen LogP contribution in [0, 0.1) is 6.92 Å². The summed E-state index contributed by atoms with van der Waals surface area (Å²) >= 11 is 1.33. The average molecular weight is 268 g/mol. The van der Waals surface area contributed by atoms with Crippen LogP contribution in [0.25, 0.3) is 0 Å². The van der Waals surface area contributed by atoms with Crippen LogP contribution in [-0.4, -0.2) is 29.5 Å². The number of carbonyl (C=O) groups is 1. The van der Waals surface area contributed by atoms with Gasteiger partial charge < -0.3 is 10.1 Å². The van der Waals surface area contributed by atoms with Gasteiger partial charge in [-0.15, -0.1) is 0 Å². The zero-order valence-electron chi connectivity index (χ0n) is 11.0. The lowest BCUT2D eigenvalue weighted by molar-refractivity contribution is 0.0865. The molecule has 0 atom stereocenters. The minimum atomic E-state index is -0.0680. The summed E-state index contributed by atoms with van der Waals surface area (Å²) in [7, 11) is 1.71. The summed E-state index contributed by atoms with van der Waals surface area (Å²) in [4.78, 5) is 12.3. The Bertz CT molecular complexity index is 411. The topological polar surface area (TPSA) is 51.2 Å². The first-order valence-electron chi connectivity index (χ1n) is 6.39. The molecule has 5 heteroatoms. The van der Waals surface area contributed by atoms with Crippen molar-refractivity contribution in [2.45, 2.75) is 44.6 Å². The van der Waals surface area contributed by atoms with Gasteiger partial charge in [0.15, 0.2) is 0 Å². The Hall–Kier alpha value is -0.940. The maximum Gasteiger partial charge on any atom is 0.254 e. The van der Waals surface area contributed by atoms with E-state index in [1.54, 1.807) is 7.11 Å². The number of ether oxygens (including phenoxy) is 1. The first-order valence-corrected chi connectivity index (χ1v) is 7.23. The third-order valence-corrected chi connectivity index (χ3v) is 4.44. The van der Waals surface area contributed by atoms with E-state index in [4.69, 9.17) is 4.74 Å². The molecule has 100 valence electrons. The molecule has 1 aliphatic carbocycles. The number of hydrogen-bond acceptors (Lipinski definition) is 4. The fourth-order valence-corrected chi connectivity index (χ4v) is 3.30. The number of aromatic nitrogens is 1. The van der Waals surface area contributed by atoms with E-state index in [1.807, 2.05) is 12.3 Å². The van der Waals surface area contributed by atoms with Crippen molar-refractivity contribution in [3.63, 3.8) is 0 Å². The van der Waals surface area contributed by atoms with Crippen molar-refractivity contribution in [2.24, 2.45) is 0 Å². The van der Waals surface area contributed by atoms with Crippen LogP contribution in [0.2, 0.25) is 0 Å². The molecule has 2 rings (SSSR count). The minimum Gasteiger partial charge on any atom is -0.385 e. The summed E-state index contributed by atoms with van der Waals surface area (Å²) in [5.74, 6) is 0.0132. The van der Waals surface area contributed by atoms with Crippen molar-refractivity contribution in [1.82, 2.24) is 9.69 Å². The highest BCUT2D eigenvalue weighted by molar-refractivity contribution is 7.03. The molecule has 1 aromatic heterocycles. The molecule has 1 N–H and O–H groups in total. The van der Waals surface area contributed by atoms with Gasteiger partial charge in [-0.25, -0.2) is 0 Å². The molecule has 1 aromatic rings. The average Bonchev–Trinajstić information content (AvgIpc) is 2.96. The zero-order chi connectivity index (χ0) is 13.0. The molecule has 1 fully saturated rings. The zero-order valence-corrected chi connectivity index (χ0v) is 11.8. The summed E-state index contributed by atoms with van der Waals surface area (Å²) in [5.41, 5.74) is 1.46. The third-order valence-electron chi connectivity index (χ3n) is 3.72. The van der Waals surface area contributed by atoms with Crippen molar-refractivity contribution in [3.05, 3.63) is 16.6 Å². The molecular formula is C13H20N2O2S. The van der Waals surface area contributed by atoms with E-state index < -0.39 is 0 Å². The van der Waals surface area contributed by atoms with E-state index >= 15 is 0 Å². The van der Waals surface area contributed by atoms with Gasteiger partial charge in [-0.1, -0.05) is 12.8 Å². The van der Waals surface area contributed by atoms with Gasteiger partial charge in [0.1, 0.15) is 0 Å². The van der Waals surface area contributed by atoms with Crippen molar-refractivity contribution < 1.29 is 9.53 Å². The molecule has 1 saturated carbocycles. The van der Waals surface area contributed by atoms with Crippen molar-refractivity contribution in [2.75, 3.05) is 13.7 Å². The van der Waals surface area contributed by atoms with Crippen LogP contribution in [0.15, 0.2) is 5.38 Å². The Kier molecular flexibility index (Phi) is 4.35. The maximum atomic E-state index is 12.3. The van der Waals surface area contributed by atoms with Crippen LogP contribution in [0.1, 0.15) is 48.2 Å². The first-order chi connectivity index (χ1) is 8.67. The summed E-state index contributed by atoms with van der Waals surface area (Å²) in [6.45, 7) is 2.57. The van der Waals surface area contributed by atoms with Gasteiger partial charge in [0, 0.05) is 24.6 Å². The molecular weight excluding hydrogens is 248 g/mol. The van der Waals surface area contributed by atoms with Gasteiger partial charge in [0.05, 0.1) is 11.3 Å². The number of nitrogens with zero attached hydrogens (tertiary/aromatic N) is 1. The highest BCUT2D eigenvalue weighted by Gasteiger charge is 2.35. The van der Waals surface area contributed by atoms with E-state index in [0.717, 1.165) is 25.0 Å². The predicted octanol–water partition coefficient (Wildman–Crippen LogP) is 2.53. The molecule has 0 aromatic carbocycles. The van der Waals surface area contributed by atoms with Gasteiger partial charge in [-0.2, -0.15) is 4.37 Å². The van der Waals surface area contributed by atoms with Gasteiger partial charge >= 0.3 is 0 Å². The van der Waals surface area contributed by atoms with E-state index in [1.165, 1.54) is 24.4 Å². The molecule has 0 saturated heterocycles. The molecule has 0 unspecified atom stereocenters. The van der Waals surface area contributed by atoms with E-state index in [9.17, 15) is 4.79 Å². The largest absolute Gasteiger partial charge is 0.385 e. The first kappa shape index (κ1) is 13.5. The number of carbonyl (C=O) groups excluding carboxylic acids is 1. The Morgan fingerprint density at radius 3 is 2.83 bits per heavy atom. The molecule has 0 bridgehead atoms. The van der Waals surface area contributed by atoms with Crippen LogP contribution < -0.4 is 5.32 Å². The fraction of sp³-hybridized carbons (Fsp3) is 0.692. The standard InChI is InChI=1S/C13H20N2O2S/c1-10-11(9-18-15-10)12(16)14-13(7-8-17-2)5-3-4-6-13/h9H,3-8H2,1-2H3,(H,14,16). The second kappa shape index (κ2) is 5.80. The Morgan fingerprint density at radius 2 is 2.28 bits per heavy atom. The van der Waals surface area contributed by atoms with Crippen LogP contribution in [-0.2, 0) is 4.74 Å². The maximum absolute atomic E-state index is 12.3. The quantitative estimate of drug-likeness (QED) is 0.892. The normalized spacial score (nSPS) is 17.9. The number of rotatable bonds is 5. The number of aryl methyl sites for hydroxylation is 1. The minimum absolute atomic E-state index is 0.0132. The number of methoxy groups -OCH3 is 1. The van der Waals surface area contributed by atoms with Crippen molar-refractivity contribution in [3.8, 4) is 0 Å². The van der Waals surface area contributed by atoms with Crippen molar-refractivity contribution in [1.29, 1.82) is 0 Å². The van der Waals surface area contributed by atoms with Crippen LogP contribution in [0.4, 0.5) is 0 Å². The summed E-state index contributed by atoms with van der Waals surface area (Å²) in [5, 5.41) is 5.04. The lowest BCUT2D eigenvalue weighted by Crippen LogP contribution is -2.47. The lowest BCUT2D eigenvalue weighted by Gasteiger charge is -2.30. The lowest BCUT2D eigenvalue weighted by atomic mass is 9.93. The number of hydrogen-bond donors (Lipinski definition) is 1. The van der Waals surface area contributed by atoms with Crippen LogP contribution in [0.3, 0.4) is 0 Å². The van der Waals surface area contributed by atoms with Crippen molar-refractivity contribution >= 4 is 17.4 Å². The van der Waals surface area contributed by atoms with Gasteiger partial charge in [0.25, 0.3) is 5.91 Å². The molecule has 1 heterocycles. The number of amides is 1. The monoisotopic (exact) mass is 268 g/mol. The molecule has 18 heavy (non-hydrogen) atoms. The van der Waals surface area contributed by atoms with Gasteiger partial charge in [-0.3, -0.25) is 4.79 Å². The van der Waals surface area contributed by atoms with Gasteiger partial charge in [-0.05, 0) is 37.7 Å². The van der Waals surface area contributed by atoms with Gasteiger partial charge in [0.2, 0.25) is 0 Å². The summed E-state index contributed by atoms with van der Waals surface area (Å²) in [6.07, 6.45) is 5.37. The third kappa shape index (κ3) is 2.90. The van der Waals surface area contributed by atoms with E-state index in [0.29, 0.717) is 12.2 Å². The van der Waals surface area contributed by atoms with E-state index in [2.05, 4.69) is 9.69 Å². The van der Waals surface area contributed by atoms with E-state index in [-0.39, 0.29) is 11.4 Å². The predicted molar refractivity (Wildman–Crippen MR) is 72.0 cm³/mol. The number of nitrogens with one attached hydrogen (secondary N) is 1.